The molecule has 0 bridgehead atoms. The van der Waals surface area contributed by atoms with E-state index in [9.17, 15) is 4.79 Å². The lowest BCUT2D eigenvalue weighted by molar-refractivity contribution is 0.126. The number of aromatic nitrogens is 2. The summed E-state index contributed by atoms with van der Waals surface area (Å²) in [5.74, 6) is 0.385. The van der Waals surface area contributed by atoms with Gasteiger partial charge in [0, 0.05) is 32.0 Å². The van der Waals surface area contributed by atoms with Crippen molar-refractivity contribution in [1.29, 1.82) is 0 Å². The molecule has 6 heteroatoms. The molecule has 0 saturated carbocycles. The van der Waals surface area contributed by atoms with Crippen LogP contribution in [0.4, 0.5) is 5.82 Å². The molecular formula is C12H22N4O2. The highest BCUT2D eigenvalue weighted by Crippen LogP contribution is 1.92. The third kappa shape index (κ3) is 4.85. The fourth-order valence-corrected chi connectivity index (χ4v) is 1.41. The van der Waals surface area contributed by atoms with Crippen molar-refractivity contribution < 1.29 is 4.74 Å². The van der Waals surface area contributed by atoms with Crippen molar-refractivity contribution in [2.24, 2.45) is 0 Å². The Morgan fingerprint density at radius 3 is 2.89 bits per heavy atom. The maximum atomic E-state index is 11.8. The number of ether oxygens (including phenoxy) is 1. The van der Waals surface area contributed by atoms with Gasteiger partial charge in [-0.15, -0.1) is 0 Å². The minimum Gasteiger partial charge on any atom is -0.378 e. The Morgan fingerprint density at radius 2 is 2.22 bits per heavy atom. The summed E-state index contributed by atoms with van der Waals surface area (Å²) in [6.07, 6.45) is 3.31. The van der Waals surface area contributed by atoms with Gasteiger partial charge in [-0.1, -0.05) is 0 Å². The Morgan fingerprint density at radius 1 is 1.44 bits per heavy atom. The summed E-state index contributed by atoms with van der Waals surface area (Å²) in [6.45, 7) is 5.31. The summed E-state index contributed by atoms with van der Waals surface area (Å²) < 4.78 is 7.04. The molecular weight excluding hydrogens is 232 g/mol. The molecule has 102 valence electrons. The lowest BCUT2D eigenvalue weighted by Crippen LogP contribution is -2.25. The zero-order valence-corrected chi connectivity index (χ0v) is 11.3. The van der Waals surface area contributed by atoms with Crippen molar-refractivity contribution in [1.82, 2.24) is 14.5 Å². The van der Waals surface area contributed by atoms with Crippen molar-refractivity contribution in [3.05, 3.63) is 22.7 Å². The lowest BCUT2D eigenvalue weighted by Gasteiger charge is -2.10. The van der Waals surface area contributed by atoms with Gasteiger partial charge in [-0.3, -0.25) is 4.79 Å². The van der Waals surface area contributed by atoms with E-state index in [-0.39, 0.29) is 5.56 Å². The molecule has 1 N–H and O–H groups in total. The Hall–Kier alpha value is -1.40. The van der Waals surface area contributed by atoms with E-state index in [4.69, 9.17) is 4.74 Å². The SMILES string of the molecule is CCn1ccnc(NCCOCCN(C)C)c1=O. The smallest absolute Gasteiger partial charge is 0.293 e. The largest absolute Gasteiger partial charge is 0.378 e. The Balaban J connectivity index is 2.29. The predicted octanol–water partition coefficient (Wildman–Crippen LogP) is 0.253. The van der Waals surface area contributed by atoms with E-state index in [1.165, 1.54) is 0 Å². The van der Waals surface area contributed by atoms with Crippen molar-refractivity contribution >= 4 is 5.82 Å². The fourth-order valence-electron chi connectivity index (χ4n) is 1.41. The van der Waals surface area contributed by atoms with Crippen LogP contribution in [-0.4, -0.2) is 54.8 Å². The first kappa shape index (κ1) is 14.7. The Labute approximate surface area is 108 Å². The number of hydrogen-bond donors (Lipinski definition) is 1. The maximum absolute atomic E-state index is 11.8. The van der Waals surface area contributed by atoms with Gasteiger partial charge < -0.3 is 19.5 Å². The van der Waals surface area contributed by atoms with Gasteiger partial charge in [-0.05, 0) is 21.0 Å². The van der Waals surface area contributed by atoms with Gasteiger partial charge in [0.1, 0.15) is 0 Å². The van der Waals surface area contributed by atoms with Crippen molar-refractivity contribution in [2.75, 3.05) is 45.7 Å². The maximum Gasteiger partial charge on any atom is 0.293 e. The molecule has 0 spiro atoms. The van der Waals surface area contributed by atoms with Gasteiger partial charge in [0.2, 0.25) is 0 Å². The molecule has 1 aromatic heterocycles. The second kappa shape index (κ2) is 7.84. The molecule has 0 amide bonds. The molecule has 0 aliphatic carbocycles. The predicted molar refractivity (Wildman–Crippen MR) is 72.0 cm³/mol. The Kier molecular flexibility index (Phi) is 6.38. The van der Waals surface area contributed by atoms with Crippen LogP contribution in [0.5, 0.6) is 0 Å². The summed E-state index contributed by atoms with van der Waals surface area (Å²) in [5, 5.41) is 2.99. The molecule has 0 atom stereocenters. The average Bonchev–Trinajstić information content (AvgIpc) is 2.35. The number of rotatable bonds is 8. The van der Waals surface area contributed by atoms with Crippen LogP contribution in [0.15, 0.2) is 17.2 Å². The number of nitrogens with one attached hydrogen (secondary N) is 1. The van der Waals surface area contributed by atoms with E-state index in [0.717, 1.165) is 6.54 Å². The van der Waals surface area contributed by atoms with Gasteiger partial charge in [0.15, 0.2) is 5.82 Å². The number of nitrogens with zero attached hydrogens (tertiary/aromatic N) is 3. The number of hydrogen-bond acceptors (Lipinski definition) is 5. The second-order valence-corrected chi connectivity index (χ2v) is 4.21. The molecule has 1 heterocycles. The number of aryl methyl sites for hydroxylation is 1. The summed E-state index contributed by atoms with van der Waals surface area (Å²) in [6, 6.07) is 0. The third-order valence-electron chi connectivity index (χ3n) is 2.48. The first-order valence-corrected chi connectivity index (χ1v) is 6.17. The van der Waals surface area contributed by atoms with Crippen LogP contribution in [-0.2, 0) is 11.3 Å². The van der Waals surface area contributed by atoms with Crippen LogP contribution in [0, 0.1) is 0 Å². The van der Waals surface area contributed by atoms with E-state index < -0.39 is 0 Å². The molecule has 1 aromatic rings. The minimum absolute atomic E-state index is 0.0895. The second-order valence-electron chi connectivity index (χ2n) is 4.21. The summed E-state index contributed by atoms with van der Waals surface area (Å²) in [4.78, 5) is 17.9. The Bertz CT molecular complexity index is 403. The molecule has 0 aliphatic rings. The molecule has 0 radical (unpaired) electrons. The van der Waals surface area contributed by atoms with E-state index >= 15 is 0 Å². The van der Waals surface area contributed by atoms with E-state index in [1.54, 1.807) is 17.0 Å². The molecule has 18 heavy (non-hydrogen) atoms. The number of likely N-dealkylation sites (N-methyl/N-ethyl adjacent to an activating group) is 1. The van der Waals surface area contributed by atoms with Gasteiger partial charge in [0.05, 0.1) is 13.2 Å². The summed E-state index contributed by atoms with van der Waals surface area (Å²) in [5.41, 5.74) is -0.0895. The highest BCUT2D eigenvalue weighted by molar-refractivity contribution is 5.30. The van der Waals surface area contributed by atoms with E-state index in [2.05, 4.69) is 15.2 Å². The molecule has 0 saturated heterocycles. The van der Waals surface area contributed by atoms with Gasteiger partial charge in [-0.25, -0.2) is 4.98 Å². The van der Waals surface area contributed by atoms with Crippen molar-refractivity contribution in [2.45, 2.75) is 13.5 Å². The first-order chi connectivity index (χ1) is 8.65. The molecule has 0 unspecified atom stereocenters. The van der Waals surface area contributed by atoms with E-state index in [0.29, 0.717) is 32.1 Å². The first-order valence-electron chi connectivity index (χ1n) is 6.17. The van der Waals surface area contributed by atoms with Gasteiger partial charge in [0.25, 0.3) is 5.56 Å². The standard InChI is InChI=1S/C12H22N4O2/c1-4-16-7-5-13-11(12(16)17)14-6-9-18-10-8-15(2)3/h5,7H,4,6,8-10H2,1-3H3,(H,13,14). The van der Waals surface area contributed by atoms with Crippen LogP contribution < -0.4 is 10.9 Å². The van der Waals surface area contributed by atoms with E-state index in [1.807, 2.05) is 21.0 Å². The van der Waals surface area contributed by atoms with Crippen LogP contribution in [0.3, 0.4) is 0 Å². The minimum atomic E-state index is -0.0895. The highest BCUT2D eigenvalue weighted by atomic mass is 16.5. The topological polar surface area (TPSA) is 59.4 Å². The zero-order chi connectivity index (χ0) is 13.4. The van der Waals surface area contributed by atoms with Crippen LogP contribution in [0.1, 0.15) is 6.92 Å². The van der Waals surface area contributed by atoms with Crippen LogP contribution >= 0.6 is 0 Å². The molecule has 6 nitrogen and oxygen atoms in total. The molecule has 0 aliphatic heterocycles. The fraction of sp³-hybridized carbons (Fsp3) is 0.667. The normalized spacial score (nSPS) is 10.9. The number of anilines is 1. The summed E-state index contributed by atoms with van der Waals surface area (Å²) >= 11 is 0. The summed E-state index contributed by atoms with van der Waals surface area (Å²) in [7, 11) is 4.01. The monoisotopic (exact) mass is 254 g/mol. The van der Waals surface area contributed by atoms with Crippen LogP contribution in [0.2, 0.25) is 0 Å². The van der Waals surface area contributed by atoms with Crippen LogP contribution in [0.25, 0.3) is 0 Å². The third-order valence-corrected chi connectivity index (χ3v) is 2.48. The average molecular weight is 254 g/mol. The van der Waals surface area contributed by atoms with Crippen molar-refractivity contribution in [3.63, 3.8) is 0 Å². The lowest BCUT2D eigenvalue weighted by atomic mass is 10.5. The quantitative estimate of drug-likeness (QED) is 0.674. The van der Waals surface area contributed by atoms with Gasteiger partial charge in [-0.2, -0.15) is 0 Å². The molecule has 1 rings (SSSR count). The zero-order valence-electron chi connectivity index (χ0n) is 11.3. The molecule has 0 fully saturated rings. The highest BCUT2D eigenvalue weighted by Gasteiger charge is 2.02. The molecule has 0 aromatic carbocycles. The van der Waals surface area contributed by atoms with Gasteiger partial charge >= 0.3 is 0 Å². The van der Waals surface area contributed by atoms with Crippen molar-refractivity contribution in [3.8, 4) is 0 Å².